The third kappa shape index (κ3) is 10.7. The third-order valence-electron chi connectivity index (χ3n) is 10.8. The first-order chi connectivity index (χ1) is 26.3. The molecule has 0 amide bonds. The average Bonchev–Trinajstić information content (AvgIpc) is 3.63. The Balaban J connectivity index is 0.00000580. The summed E-state index contributed by atoms with van der Waals surface area (Å²) in [7, 11) is 1.97. The molecule has 1 aliphatic heterocycles. The average molecular weight is 865 g/mol. The summed E-state index contributed by atoms with van der Waals surface area (Å²) in [5, 5.41) is 10.6. The zero-order valence-electron chi connectivity index (χ0n) is 33.3. The van der Waals surface area contributed by atoms with Gasteiger partial charge in [0.25, 0.3) is 0 Å². The number of benzene rings is 2. The van der Waals surface area contributed by atoms with Crippen molar-refractivity contribution in [1.82, 2.24) is 24.8 Å². The van der Waals surface area contributed by atoms with Crippen molar-refractivity contribution in [3.05, 3.63) is 87.9 Å². The van der Waals surface area contributed by atoms with Crippen LogP contribution in [-0.2, 0) is 20.1 Å². The lowest BCUT2D eigenvalue weighted by Crippen LogP contribution is -3.00. The highest BCUT2D eigenvalue weighted by Gasteiger charge is 2.23. The molecule has 12 heteroatoms. The lowest BCUT2D eigenvalue weighted by Gasteiger charge is -2.35. The van der Waals surface area contributed by atoms with Crippen molar-refractivity contribution in [3.63, 3.8) is 0 Å². The molecule has 0 bridgehead atoms. The van der Waals surface area contributed by atoms with E-state index in [0.717, 1.165) is 98.7 Å². The molecule has 2 aromatic carbocycles. The van der Waals surface area contributed by atoms with E-state index in [-0.39, 0.29) is 35.4 Å². The van der Waals surface area contributed by atoms with Crippen LogP contribution in [0.2, 0.25) is 0 Å². The van der Waals surface area contributed by atoms with Crippen molar-refractivity contribution in [2.75, 3.05) is 68.7 Å². The minimum absolute atomic E-state index is 0. The van der Waals surface area contributed by atoms with Gasteiger partial charge >= 0.3 is 5.63 Å². The third-order valence-corrected chi connectivity index (χ3v) is 10.8. The van der Waals surface area contributed by atoms with E-state index in [1.807, 2.05) is 58.8 Å². The van der Waals surface area contributed by atoms with Gasteiger partial charge < -0.3 is 43.1 Å². The van der Waals surface area contributed by atoms with E-state index < -0.39 is 0 Å². The van der Waals surface area contributed by atoms with Gasteiger partial charge in [-0.05, 0) is 89.2 Å². The quantitative estimate of drug-likeness (QED) is 0.0741. The standard InChI is InChI=1S/C43H58FN8O2.HI/c1-6-10-19-48(20-11-7-2)21-12-22-52-32-36(45-46-52)31-49-23-25-51(26-24-49)41-30-40-33(28-39(41)44)13-16-37(47(40)5)17-15-35-27-34-14-18-38(50(8-3)9-4)29-42(34)54-43(35)53;/h13-18,27-30,32H,6-12,19-26,31H2,1-5H3;1H/q+1;/p-1. The minimum atomic E-state index is -0.380. The lowest BCUT2D eigenvalue weighted by atomic mass is 10.1. The molecule has 0 spiro atoms. The van der Waals surface area contributed by atoms with Crippen LogP contribution >= 0.6 is 0 Å². The van der Waals surface area contributed by atoms with Gasteiger partial charge in [0.1, 0.15) is 18.4 Å². The zero-order valence-corrected chi connectivity index (χ0v) is 35.5. The van der Waals surface area contributed by atoms with Crippen LogP contribution in [0.3, 0.4) is 0 Å². The van der Waals surface area contributed by atoms with Crippen molar-refractivity contribution < 1.29 is 37.4 Å². The Hall–Kier alpha value is -3.88. The number of aromatic nitrogens is 4. The number of rotatable bonds is 18. The Morgan fingerprint density at radius 2 is 1.58 bits per heavy atom. The highest BCUT2D eigenvalue weighted by Crippen LogP contribution is 2.27. The molecule has 3 aromatic heterocycles. The van der Waals surface area contributed by atoms with Gasteiger partial charge in [-0.15, -0.1) is 5.10 Å². The highest BCUT2D eigenvalue weighted by atomic mass is 127. The molecule has 5 aromatic rings. The Kier molecular flexibility index (Phi) is 15.6. The van der Waals surface area contributed by atoms with E-state index in [1.54, 1.807) is 12.1 Å². The summed E-state index contributed by atoms with van der Waals surface area (Å²) in [5.41, 5.74) is 5.10. The first-order valence-corrected chi connectivity index (χ1v) is 20.0. The molecule has 0 radical (unpaired) electrons. The lowest BCUT2D eigenvalue weighted by molar-refractivity contribution is -0.646. The molecule has 10 nitrogen and oxygen atoms in total. The van der Waals surface area contributed by atoms with E-state index >= 15 is 4.39 Å². The van der Waals surface area contributed by atoms with E-state index in [1.165, 1.54) is 38.8 Å². The summed E-state index contributed by atoms with van der Waals surface area (Å²) in [5.74, 6) is -0.219. The molecule has 0 atom stereocenters. The van der Waals surface area contributed by atoms with Crippen LogP contribution in [0.25, 0.3) is 34.0 Å². The number of halogens is 2. The van der Waals surface area contributed by atoms with E-state index in [2.05, 4.69) is 69.9 Å². The molecule has 55 heavy (non-hydrogen) atoms. The molecule has 0 saturated carbocycles. The number of piperazine rings is 1. The van der Waals surface area contributed by atoms with Crippen LogP contribution in [0.15, 0.2) is 63.9 Å². The number of aryl methyl sites for hydroxylation is 2. The number of nitrogens with zero attached hydrogens (tertiary/aromatic N) is 8. The van der Waals surface area contributed by atoms with E-state index in [4.69, 9.17) is 4.42 Å². The Morgan fingerprint density at radius 3 is 2.29 bits per heavy atom. The van der Waals surface area contributed by atoms with Crippen LogP contribution in [0, 0.1) is 5.82 Å². The predicted octanol–water partition coefficient (Wildman–Crippen LogP) is 4.14. The molecule has 1 saturated heterocycles. The van der Waals surface area contributed by atoms with Gasteiger partial charge in [0.05, 0.1) is 16.9 Å². The van der Waals surface area contributed by atoms with Gasteiger partial charge in [0.2, 0.25) is 11.2 Å². The summed E-state index contributed by atoms with van der Waals surface area (Å²) in [6.07, 6.45) is 11.8. The molecule has 6 rings (SSSR count). The number of hydrogen-bond donors (Lipinski definition) is 0. The number of fused-ring (bicyclic) bond motifs is 2. The second-order valence-corrected chi connectivity index (χ2v) is 14.5. The van der Waals surface area contributed by atoms with Crippen LogP contribution in [0.4, 0.5) is 15.8 Å². The van der Waals surface area contributed by atoms with Gasteiger partial charge in [-0.2, -0.15) is 4.57 Å². The second-order valence-electron chi connectivity index (χ2n) is 14.5. The second kappa shape index (κ2) is 20.3. The summed E-state index contributed by atoms with van der Waals surface area (Å²) in [4.78, 5) is 22.3. The number of unbranched alkanes of at least 4 members (excludes halogenated alkanes) is 2. The van der Waals surface area contributed by atoms with Gasteiger partial charge in [-0.1, -0.05) is 31.9 Å². The monoisotopic (exact) mass is 864 g/mol. The van der Waals surface area contributed by atoms with Crippen molar-refractivity contribution in [2.45, 2.75) is 72.9 Å². The molecular weight excluding hydrogens is 806 g/mol. The summed E-state index contributed by atoms with van der Waals surface area (Å²) >= 11 is 0. The minimum Gasteiger partial charge on any atom is -1.00 e. The number of hydrogen-bond acceptors (Lipinski definition) is 8. The Bertz CT molecular complexity index is 2080. The van der Waals surface area contributed by atoms with Crippen molar-refractivity contribution in [1.29, 1.82) is 0 Å². The highest BCUT2D eigenvalue weighted by molar-refractivity contribution is 5.84. The summed E-state index contributed by atoms with van der Waals surface area (Å²) < 4.78 is 25.3. The molecule has 4 heterocycles. The van der Waals surface area contributed by atoms with Gasteiger partial charge in [-0.3, -0.25) is 9.58 Å². The smallest absolute Gasteiger partial charge is 0.343 e. The number of anilines is 2. The van der Waals surface area contributed by atoms with Gasteiger partial charge in [-0.25, -0.2) is 9.18 Å². The molecule has 0 aliphatic carbocycles. The van der Waals surface area contributed by atoms with Crippen LogP contribution in [0.5, 0.6) is 0 Å². The molecule has 0 N–H and O–H groups in total. The fraction of sp³-hybridized carbons (Fsp3) is 0.488. The SMILES string of the molecule is CCCCN(CCCC)CCCn1cc(CN2CCN(c3cc4c(ccc(/C=C/c5cc6ccc(N(CC)CC)cc6oc5=O)[n+]4C)cc3F)CC2)nn1.[I-]. The maximum absolute atomic E-state index is 15.6. The Labute approximate surface area is 342 Å². The summed E-state index contributed by atoms with van der Waals surface area (Å²) in [6, 6.07) is 15.3. The fourth-order valence-corrected chi connectivity index (χ4v) is 7.47. The topological polar surface area (TPSA) is 77.8 Å². The van der Waals surface area contributed by atoms with Crippen molar-refractivity contribution in [2.24, 2.45) is 7.05 Å². The first kappa shape index (κ1) is 42.3. The molecule has 0 unspecified atom stereocenters. The maximum Gasteiger partial charge on any atom is 0.343 e. The number of pyridine rings is 1. The van der Waals surface area contributed by atoms with Crippen molar-refractivity contribution in [3.8, 4) is 0 Å². The zero-order chi connectivity index (χ0) is 38.0. The van der Waals surface area contributed by atoms with Gasteiger partial charge in [0.15, 0.2) is 0 Å². The van der Waals surface area contributed by atoms with Crippen molar-refractivity contribution >= 4 is 45.4 Å². The molecule has 1 aliphatic rings. The van der Waals surface area contributed by atoms with Crippen LogP contribution in [-0.4, -0.2) is 83.7 Å². The first-order valence-electron chi connectivity index (χ1n) is 20.0. The van der Waals surface area contributed by atoms with Crippen LogP contribution < -0.4 is 44.0 Å². The Morgan fingerprint density at radius 1 is 0.873 bits per heavy atom. The van der Waals surface area contributed by atoms with Crippen LogP contribution in [0.1, 0.15) is 76.8 Å². The fourth-order valence-electron chi connectivity index (χ4n) is 7.47. The maximum atomic E-state index is 15.6. The summed E-state index contributed by atoms with van der Waals surface area (Å²) in [6.45, 7) is 18.6. The largest absolute Gasteiger partial charge is 1.00 e. The van der Waals surface area contributed by atoms with Gasteiger partial charge in [0, 0.05) is 99.3 Å². The molecule has 296 valence electrons. The normalized spacial score (nSPS) is 13.8. The predicted molar refractivity (Wildman–Crippen MR) is 218 cm³/mol. The molecular formula is C43H58FIN8O2. The van der Waals surface area contributed by atoms with E-state index in [9.17, 15) is 4.79 Å². The van der Waals surface area contributed by atoms with E-state index in [0.29, 0.717) is 16.8 Å². The molecule has 1 fully saturated rings.